The van der Waals surface area contributed by atoms with E-state index in [0.717, 1.165) is 50.6 Å². The number of nitrogens with two attached hydrogens (primary N) is 1. The quantitative estimate of drug-likeness (QED) is 0.655. The number of hydrogen-bond donors (Lipinski definition) is 1. The molecule has 4 nitrogen and oxygen atoms in total. The van der Waals surface area contributed by atoms with Crippen LogP contribution in [0.2, 0.25) is 0 Å². The van der Waals surface area contributed by atoms with E-state index < -0.39 is 0 Å². The lowest BCUT2D eigenvalue weighted by molar-refractivity contribution is 0.540. The van der Waals surface area contributed by atoms with Crippen LogP contribution >= 0.6 is 11.9 Å². The van der Waals surface area contributed by atoms with Crippen LogP contribution in [0.1, 0.15) is 12.6 Å². The van der Waals surface area contributed by atoms with Gasteiger partial charge in [0, 0.05) is 38.2 Å². The highest BCUT2D eigenvalue weighted by molar-refractivity contribution is 8.01. The second kappa shape index (κ2) is 8.13. The van der Waals surface area contributed by atoms with Crippen molar-refractivity contribution in [3.8, 4) is 17.3 Å². The van der Waals surface area contributed by atoms with Gasteiger partial charge in [0.2, 0.25) is 0 Å². The number of rotatable bonds is 5. The maximum absolute atomic E-state index is 9.21. The van der Waals surface area contributed by atoms with Gasteiger partial charge >= 0.3 is 0 Å². The summed E-state index contributed by atoms with van der Waals surface area (Å²) in [7, 11) is 5.92. The average molecular weight is 365 g/mol. The first-order valence-corrected chi connectivity index (χ1v) is 8.99. The van der Waals surface area contributed by atoms with E-state index in [1.807, 2.05) is 51.2 Å². The Labute approximate surface area is 159 Å². The molecule has 2 aromatic rings. The molecule has 2 N–H and O–H groups in total. The van der Waals surface area contributed by atoms with E-state index in [1.165, 1.54) is 0 Å². The van der Waals surface area contributed by atoms with E-state index in [1.54, 1.807) is 0 Å². The van der Waals surface area contributed by atoms with Crippen molar-refractivity contribution >= 4 is 30.2 Å². The van der Waals surface area contributed by atoms with Crippen LogP contribution in [0.3, 0.4) is 0 Å². The SMILES string of the molecule is C=C(/C=c1/ccc(-c2ccc(/C(C)=C(\C#N)SN)n2C)cc1=C)N(C)C. The van der Waals surface area contributed by atoms with Crippen molar-refractivity contribution in [3.05, 3.63) is 63.6 Å². The minimum Gasteiger partial charge on any atom is -0.378 e. The first-order valence-electron chi connectivity index (χ1n) is 8.11. The molecule has 0 atom stereocenters. The van der Waals surface area contributed by atoms with Crippen LogP contribution in [-0.4, -0.2) is 23.6 Å². The maximum atomic E-state index is 9.21. The molecule has 0 aliphatic rings. The zero-order valence-corrected chi connectivity index (χ0v) is 16.5. The van der Waals surface area contributed by atoms with E-state index in [4.69, 9.17) is 5.14 Å². The number of aromatic nitrogens is 1. The number of nitrogens with zero attached hydrogens (tertiary/aromatic N) is 3. The highest BCUT2D eigenvalue weighted by Gasteiger charge is 2.11. The molecule has 1 aromatic carbocycles. The molecule has 0 aliphatic carbocycles. The molecule has 0 amide bonds. The summed E-state index contributed by atoms with van der Waals surface area (Å²) in [4.78, 5) is 2.48. The van der Waals surface area contributed by atoms with E-state index >= 15 is 0 Å². The summed E-state index contributed by atoms with van der Waals surface area (Å²) >= 11 is 0.978. The van der Waals surface area contributed by atoms with Crippen molar-refractivity contribution in [2.45, 2.75) is 6.92 Å². The average Bonchev–Trinajstić information content (AvgIpc) is 2.99. The van der Waals surface area contributed by atoms with Crippen LogP contribution in [0.15, 0.2) is 47.5 Å². The van der Waals surface area contributed by atoms with Crippen molar-refractivity contribution in [2.75, 3.05) is 14.1 Å². The first kappa shape index (κ1) is 19.6. The Morgan fingerprint density at radius 3 is 2.54 bits per heavy atom. The van der Waals surface area contributed by atoms with E-state index in [9.17, 15) is 5.26 Å². The summed E-state index contributed by atoms with van der Waals surface area (Å²) in [5.41, 5.74) is 4.89. The van der Waals surface area contributed by atoms with Gasteiger partial charge in [-0.15, -0.1) is 0 Å². The van der Waals surface area contributed by atoms with Crippen molar-refractivity contribution in [1.82, 2.24) is 9.47 Å². The number of allylic oxidation sites excluding steroid dienone is 3. The molecule has 0 bridgehead atoms. The molecule has 1 heterocycles. The number of nitriles is 1. The third-order valence-corrected chi connectivity index (χ3v) is 5.03. The molecule has 0 spiro atoms. The minimum absolute atomic E-state index is 0.516. The van der Waals surface area contributed by atoms with Gasteiger partial charge in [0.15, 0.2) is 0 Å². The molecule has 0 fully saturated rings. The largest absolute Gasteiger partial charge is 0.378 e. The fourth-order valence-corrected chi connectivity index (χ4v) is 3.04. The molecule has 26 heavy (non-hydrogen) atoms. The second-order valence-corrected chi connectivity index (χ2v) is 6.93. The lowest BCUT2D eigenvalue weighted by atomic mass is 10.1. The molecule has 0 saturated carbocycles. The lowest BCUT2D eigenvalue weighted by Crippen LogP contribution is -2.24. The van der Waals surface area contributed by atoms with Gasteiger partial charge in [0.05, 0.1) is 0 Å². The van der Waals surface area contributed by atoms with Crippen molar-refractivity contribution < 1.29 is 0 Å². The summed E-state index contributed by atoms with van der Waals surface area (Å²) in [6.45, 7) is 10.1. The van der Waals surface area contributed by atoms with Crippen LogP contribution in [-0.2, 0) is 7.05 Å². The Morgan fingerprint density at radius 1 is 1.31 bits per heavy atom. The van der Waals surface area contributed by atoms with Crippen LogP contribution in [0, 0.1) is 11.3 Å². The lowest BCUT2D eigenvalue weighted by Gasteiger charge is -2.12. The summed E-state index contributed by atoms with van der Waals surface area (Å²) in [5, 5.41) is 16.8. The van der Waals surface area contributed by atoms with Gasteiger partial charge in [0.25, 0.3) is 0 Å². The molecule has 0 unspecified atom stereocenters. The van der Waals surface area contributed by atoms with E-state index in [2.05, 4.69) is 42.0 Å². The molecular formula is C21H24N4S. The van der Waals surface area contributed by atoms with Gasteiger partial charge < -0.3 is 9.47 Å². The standard InChI is InChI=1S/C21H24N4S/c1-14-11-18(8-7-17(14)12-15(2)24(4)5)20-10-9-19(25(20)6)16(3)21(13-22)26-23/h7-12H,1-2,23H2,3-6H3/b17-12-,21-16+. The topological polar surface area (TPSA) is 58.0 Å². The zero-order valence-electron chi connectivity index (χ0n) is 15.7. The zero-order chi connectivity index (χ0) is 19.4. The van der Waals surface area contributed by atoms with Gasteiger partial charge in [-0.3, -0.25) is 5.14 Å². The number of benzene rings is 1. The van der Waals surface area contributed by atoms with Crippen LogP contribution in [0.5, 0.6) is 0 Å². The molecule has 5 heteroatoms. The Bertz CT molecular complexity index is 1020. The van der Waals surface area contributed by atoms with Gasteiger partial charge in [-0.1, -0.05) is 25.3 Å². The van der Waals surface area contributed by atoms with Gasteiger partial charge in [-0.25, -0.2) is 0 Å². The summed E-state index contributed by atoms with van der Waals surface area (Å²) in [5.74, 6) is 0. The predicted molar refractivity (Wildman–Crippen MR) is 113 cm³/mol. The van der Waals surface area contributed by atoms with Gasteiger partial charge in [-0.2, -0.15) is 5.26 Å². The van der Waals surface area contributed by atoms with Crippen molar-refractivity contribution in [1.29, 1.82) is 5.26 Å². The Balaban J connectivity index is 2.51. The van der Waals surface area contributed by atoms with Gasteiger partial charge in [0.1, 0.15) is 11.0 Å². The highest BCUT2D eigenvalue weighted by Crippen LogP contribution is 2.28. The molecule has 0 saturated heterocycles. The minimum atomic E-state index is 0.516. The van der Waals surface area contributed by atoms with Gasteiger partial charge in [-0.05, 0) is 64.7 Å². The molecule has 1 aromatic heterocycles. The summed E-state index contributed by atoms with van der Waals surface area (Å²) in [6.07, 6.45) is 2.02. The summed E-state index contributed by atoms with van der Waals surface area (Å²) < 4.78 is 2.07. The van der Waals surface area contributed by atoms with Crippen LogP contribution < -0.4 is 15.6 Å². The maximum Gasteiger partial charge on any atom is 0.108 e. The van der Waals surface area contributed by atoms with Crippen molar-refractivity contribution in [3.63, 3.8) is 0 Å². The van der Waals surface area contributed by atoms with Crippen LogP contribution in [0.25, 0.3) is 29.5 Å². The monoisotopic (exact) mass is 364 g/mol. The summed E-state index contributed by atoms with van der Waals surface area (Å²) in [6, 6.07) is 12.4. The van der Waals surface area contributed by atoms with E-state index in [-0.39, 0.29) is 0 Å². The first-order chi connectivity index (χ1) is 12.3. The molecule has 134 valence electrons. The van der Waals surface area contributed by atoms with Crippen LogP contribution in [0.4, 0.5) is 0 Å². The fraction of sp³-hybridized carbons (Fsp3) is 0.190. The molecular weight excluding hydrogens is 340 g/mol. The molecule has 0 radical (unpaired) electrons. The van der Waals surface area contributed by atoms with Crippen molar-refractivity contribution in [2.24, 2.45) is 12.2 Å². The Kier molecular flexibility index (Phi) is 6.14. The third-order valence-electron chi connectivity index (χ3n) is 4.40. The fourth-order valence-electron chi connectivity index (χ4n) is 2.71. The number of hydrogen-bond acceptors (Lipinski definition) is 4. The third kappa shape index (κ3) is 3.93. The molecule has 0 aliphatic heterocycles. The second-order valence-electron chi connectivity index (χ2n) is 6.29. The molecule has 2 rings (SSSR count). The predicted octanol–water partition coefficient (Wildman–Crippen LogP) is 2.82. The Morgan fingerprint density at radius 2 is 2.00 bits per heavy atom. The Hall–Kier alpha value is -2.68. The smallest absolute Gasteiger partial charge is 0.108 e. The van der Waals surface area contributed by atoms with E-state index in [0.29, 0.717) is 4.91 Å². The normalized spacial score (nSPS) is 12.5. The highest BCUT2D eigenvalue weighted by atomic mass is 32.2.